The molecule has 0 bridgehead atoms. The van der Waals surface area contributed by atoms with Crippen molar-refractivity contribution in [2.75, 3.05) is 41.4 Å². The van der Waals surface area contributed by atoms with Crippen LogP contribution in [0.1, 0.15) is 12.3 Å². The van der Waals surface area contributed by atoms with Gasteiger partial charge in [-0.05, 0) is 44.8 Å². The summed E-state index contributed by atoms with van der Waals surface area (Å²) in [5.41, 5.74) is 0.914. The van der Waals surface area contributed by atoms with E-state index in [9.17, 15) is 0 Å². The van der Waals surface area contributed by atoms with Gasteiger partial charge in [0.1, 0.15) is 5.75 Å². The van der Waals surface area contributed by atoms with Gasteiger partial charge in [-0.25, -0.2) is 0 Å². The maximum Gasteiger partial charge on any atom is 0.241 e. The third kappa shape index (κ3) is 4.36. The molecule has 1 aliphatic heterocycles. The molecule has 1 aliphatic rings. The van der Waals surface area contributed by atoms with Crippen LogP contribution in [0, 0.1) is 0 Å². The Morgan fingerprint density at radius 1 is 1.28 bits per heavy atom. The van der Waals surface area contributed by atoms with Gasteiger partial charge in [0, 0.05) is 31.8 Å². The summed E-state index contributed by atoms with van der Waals surface area (Å²) >= 11 is 0. The summed E-state index contributed by atoms with van der Waals surface area (Å²) in [4.78, 5) is 9.06. The first-order chi connectivity index (χ1) is 12.1. The van der Waals surface area contributed by atoms with E-state index in [0.717, 1.165) is 30.8 Å². The molecule has 0 amide bonds. The number of methoxy groups -OCH3 is 2. The molecular weight excluding hydrogens is 320 g/mol. The van der Waals surface area contributed by atoms with E-state index in [-0.39, 0.29) is 0 Å². The highest BCUT2D eigenvalue weighted by Crippen LogP contribution is 2.21. The van der Waals surface area contributed by atoms with Crippen LogP contribution in [0.4, 0.5) is 0 Å². The summed E-state index contributed by atoms with van der Waals surface area (Å²) in [7, 11) is 7.65. The van der Waals surface area contributed by atoms with Crippen LogP contribution in [0.15, 0.2) is 28.8 Å². The van der Waals surface area contributed by atoms with E-state index in [1.807, 2.05) is 24.3 Å². The third-order valence-corrected chi connectivity index (χ3v) is 4.73. The Balaban J connectivity index is 1.57. The first-order valence-corrected chi connectivity index (χ1v) is 8.47. The zero-order valence-electron chi connectivity index (χ0n) is 15.3. The molecule has 7 heteroatoms. The van der Waals surface area contributed by atoms with Crippen molar-refractivity contribution in [3.63, 3.8) is 0 Å². The zero-order chi connectivity index (χ0) is 17.8. The number of rotatable bonds is 7. The van der Waals surface area contributed by atoms with Gasteiger partial charge in [-0.15, -0.1) is 0 Å². The molecule has 136 valence electrons. The molecule has 0 spiro atoms. The van der Waals surface area contributed by atoms with Crippen LogP contribution in [0.3, 0.4) is 0 Å². The van der Waals surface area contributed by atoms with E-state index < -0.39 is 0 Å². The normalized spacial score (nSPS) is 21.2. The Hall–Kier alpha value is -1.96. The van der Waals surface area contributed by atoms with E-state index in [1.165, 1.54) is 0 Å². The van der Waals surface area contributed by atoms with E-state index >= 15 is 0 Å². The molecule has 1 aromatic heterocycles. The highest BCUT2D eigenvalue weighted by atomic mass is 16.5. The van der Waals surface area contributed by atoms with Gasteiger partial charge < -0.3 is 14.0 Å². The Morgan fingerprint density at radius 3 is 2.68 bits per heavy atom. The maximum absolute atomic E-state index is 5.47. The summed E-state index contributed by atoms with van der Waals surface area (Å²) in [6.07, 6.45) is 1.38. The van der Waals surface area contributed by atoms with Gasteiger partial charge in [-0.2, -0.15) is 4.98 Å². The summed E-state index contributed by atoms with van der Waals surface area (Å²) in [6.45, 7) is 2.55. The lowest BCUT2D eigenvalue weighted by atomic mass is 10.2. The minimum atomic E-state index is 0.327. The van der Waals surface area contributed by atoms with Crippen LogP contribution < -0.4 is 4.74 Å². The number of ether oxygens (including phenoxy) is 2. The Labute approximate surface area is 148 Å². The number of hydrogen-bond acceptors (Lipinski definition) is 7. The fourth-order valence-electron chi connectivity index (χ4n) is 3.24. The number of benzene rings is 1. The smallest absolute Gasteiger partial charge is 0.241 e. The molecule has 2 atom stereocenters. The number of aromatic nitrogens is 2. The largest absolute Gasteiger partial charge is 0.497 e. The van der Waals surface area contributed by atoms with Gasteiger partial charge in [0.05, 0.1) is 19.8 Å². The van der Waals surface area contributed by atoms with Crippen molar-refractivity contribution in [3.05, 3.63) is 30.2 Å². The number of likely N-dealkylation sites (N-methyl/N-ethyl adjacent to an activating group) is 2. The number of nitrogens with zero attached hydrogens (tertiary/aromatic N) is 4. The Morgan fingerprint density at radius 2 is 2.04 bits per heavy atom. The monoisotopic (exact) mass is 346 g/mol. The van der Waals surface area contributed by atoms with Gasteiger partial charge in [0.2, 0.25) is 11.7 Å². The van der Waals surface area contributed by atoms with Gasteiger partial charge in [-0.1, -0.05) is 5.16 Å². The second-order valence-electron chi connectivity index (χ2n) is 6.62. The highest BCUT2D eigenvalue weighted by Gasteiger charge is 2.30. The van der Waals surface area contributed by atoms with E-state index in [2.05, 4.69) is 34.0 Å². The van der Waals surface area contributed by atoms with Crippen molar-refractivity contribution < 1.29 is 14.0 Å². The predicted octanol–water partition coefficient (Wildman–Crippen LogP) is 1.90. The molecule has 2 heterocycles. The molecule has 7 nitrogen and oxygen atoms in total. The summed E-state index contributed by atoms with van der Waals surface area (Å²) < 4.78 is 16.0. The van der Waals surface area contributed by atoms with Crippen molar-refractivity contribution in [1.82, 2.24) is 19.9 Å². The number of hydrogen-bond donors (Lipinski definition) is 0. The molecule has 0 N–H and O–H groups in total. The number of likely N-dealkylation sites (tertiary alicyclic amines) is 1. The van der Waals surface area contributed by atoms with Crippen LogP contribution in [0.5, 0.6) is 5.75 Å². The first-order valence-electron chi connectivity index (χ1n) is 8.47. The second-order valence-corrected chi connectivity index (χ2v) is 6.62. The lowest BCUT2D eigenvalue weighted by Crippen LogP contribution is -2.36. The minimum Gasteiger partial charge on any atom is -0.497 e. The quantitative estimate of drug-likeness (QED) is 0.758. The van der Waals surface area contributed by atoms with Gasteiger partial charge >= 0.3 is 0 Å². The molecule has 0 aliphatic carbocycles. The molecular formula is C18H26N4O3. The average Bonchev–Trinajstić information content (AvgIpc) is 3.22. The fraction of sp³-hybridized carbons (Fsp3) is 0.556. The van der Waals surface area contributed by atoms with Gasteiger partial charge in [0.15, 0.2) is 0 Å². The van der Waals surface area contributed by atoms with Crippen LogP contribution in [0.25, 0.3) is 11.4 Å². The van der Waals surface area contributed by atoms with Crippen LogP contribution in [0.2, 0.25) is 0 Å². The van der Waals surface area contributed by atoms with E-state index in [4.69, 9.17) is 14.0 Å². The van der Waals surface area contributed by atoms with Crippen molar-refractivity contribution in [3.8, 4) is 17.1 Å². The van der Waals surface area contributed by atoms with Crippen molar-refractivity contribution in [2.24, 2.45) is 0 Å². The average molecular weight is 346 g/mol. The van der Waals surface area contributed by atoms with Gasteiger partial charge in [0.25, 0.3) is 0 Å². The Bertz CT molecular complexity index is 673. The molecule has 0 saturated carbocycles. The van der Waals surface area contributed by atoms with Crippen molar-refractivity contribution >= 4 is 0 Å². The minimum absolute atomic E-state index is 0.327. The van der Waals surface area contributed by atoms with E-state index in [0.29, 0.717) is 30.4 Å². The molecule has 25 heavy (non-hydrogen) atoms. The van der Waals surface area contributed by atoms with Crippen molar-refractivity contribution in [1.29, 1.82) is 0 Å². The van der Waals surface area contributed by atoms with Gasteiger partial charge in [-0.3, -0.25) is 9.80 Å². The third-order valence-electron chi connectivity index (χ3n) is 4.73. The van der Waals surface area contributed by atoms with Crippen molar-refractivity contribution in [2.45, 2.75) is 25.1 Å². The summed E-state index contributed by atoms with van der Waals surface area (Å²) in [5, 5.41) is 4.08. The maximum atomic E-state index is 5.47. The predicted molar refractivity (Wildman–Crippen MR) is 94.5 cm³/mol. The Kier molecular flexibility index (Phi) is 5.67. The standard InChI is InChI=1S/C18H26N4O3/c1-21(10-14-9-16(24-4)11-22(14)2)12-17-19-18(20-25-17)13-5-7-15(23-3)8-6-13/h5-8,14,16H,9-12H2,1-4H3/t14-,16-/m0/s1. The van der Waals surface area contributed by atoms with Crippen LogP contribution in [-0.2, 0) is 11.3 Å². The zero-order valence-corrected chi connectivity index (χ0v) is 15.3. The highest BCUT2D eigenvalue weighted by molar-refractivity contribution is 5.55. The first kappa shape index (κ1) is 17.8. The molecule has 2 aromatic rings. The van der Waals surface area contributed by atoms with Crippen LogP contribution in [-0.4, -0.2) is 73.5 Å². The topological polar surface area (TPSA) is 63.9 Å². The molecule has 0 radical (unpaired) electrons. The molecule has 1 aromatic carbocycles. The second kappa shape index (κ2) is 7.95. The van der Waals surface area contributed by atoms with Crippen LogP contribution >= 0.6 is 0 Å². The summed E-state index contributed by atoms with van der Waals surface area (Å²) in [6, 6.07) is 8.11. The lowest BCUT2D eigenvalue weighted by Gasteiger charge is -2.24. The lowest BCUT2D eigenvalue weighted by molar-refractivity contribution is 0.111. The van der Waals surface area contributed by atoms with E-state index in [1.54, 1.807) is 14.2 Å². The molecule has 1 fully saturated rings. The molecule has 1 saturated heterocycles. The SMILES string of the molecule is COc1ccc(-c2noc(CN(C)C[C@@H]3C[C@H](OC)CN3C)n2)cc1. The fourth-order valence-corrected chi connectivity index (χ4v) is 3.24. The summed E-state index contributed by atoms with van der Waals surface area (Å²) in [5.74, 6) is 2.03. The molecule has 3 rings (SSSR count). The molecule has 0 unspecified atom stereocenters.